The van der Waals surface area contributed by atoms with Crippen molar-refractivity contribution in [3.8, 4) is 11.5 Å². The number of rotatable bonds is 9. The topological polar surface area (TPSA) is 89.9 Å². The average Bonchev–Trinajstić information content (AvgIpc) is 3.28. The molecule has 10 heteroatoms. The lowest BCUT2D eigenvalue weighted by Gasteiger charge is -2.26. The van der Waals surface area contributed by atoms with Crippen LogP contribution in [0.2, 0.25) is 0 Å². The maximum atomic E-state index is 14.6. The maximum Gasteiger partial charge on any atom is 0.257 e. The number of aromatic nitrogens is 1. The summed E-state index contributed by atoms with van der Waals surface area (Å²) in [6, 6.07) is 22.4. The molecule has 1 aromatic heterocycles. The van der Waals surface area contributed by atoms with Crippen molar-refractivity contribution in [3.05, 3.63) is 95.8 Å². The zero-order valence-corrected chi connectivity index (χ0v) is 24.0. The molecule has 1 N–H and O–H groups in total. The van der Waals surface area contributed by atoms with Crippen LogP contribution in [-0.4, -0.2) is 39.4 Å². The zero-order valence-electron chi connectivity index (χ0n) is 23.1. The Morgan fingerprint density at radius 3 is 2.24 bits per heavy atom. The fourth-order valence-corrected chi connectivity index (χ4v) is 5.97. The van der Waals surface area contributed by atoms with Gasteiger partial charge >= 0.3 is 0 Å². The number of amides is 1. The van der Waals surface area contributed by atoms with Crippen LogP contribution in [0.25, 0.3) is 21.8 Å². The van der Waals surface area contributed by atoms with E-state index in [1.807, 2.05) is 30.3 Å². The first-order valence-corrected chi connectivity index (χ1v) is 14.8. The predicted octanol–water partition coefficient (Wildman–Crippen LogP) is 6.19. The van der Waals surface area contributed by atoms with Crippen LogP contribution < -0.4 is 19.1 Å². The molecule has 0 fully saturated rings. The molecular weight excluding hydrogens is 545 g/mol. The van der Waals surface area contributed by atoms with Crippen LogP contribution >= 0.6 is 0 Å². The van der Waals surface area contributed by atoms with Crippen LogP contribution in [0, 0.1) is 5.82 Å². The summed E-state index contributed by atoms with van der Waals surface area (Å²) in [6.45, 7) is 2.53. The molecule has 0 bridgehead atoms. The first-order chi connectivity index (χ1) is 19.7. The monoisotopic (exact) mass is 575 g/mol. The molecule has 4 aromatic carbocycles. The van der Waals surface area contributed by atoms with E-state index >= 15 is 0 Å². The van der Waals surface area contributed by atoms with Gasteiger partial charge < -0.3 is 19.4 Å². The van der Waals surface area contributed by atoms with Gasteiger partial charge in [0, 0.05) is 45.7 Å². The SMILES string of the molecule is CCn1c2ccccc2c2cc(NC(=O)c3cc(OC)c(OC)cc3N(Cc3ccccc3F)S(C)(=O)=O)ccc21. The lowest BCUT2D eigenvalue weighted by molar-refractivity contribution is 0.102. The van der Waals surface area contributed by atoms with Gasteiger partial charge in [-0.05, 0) is 43.3 Å². The highest BCUT2D eigenvalue weighted by molar-refractivity contribution is 7.92. The fraction of sp³-hybridized carbons (Fsp3) is 0.194. The van der Waals surface area contributed by atoms with Crippen molar-refractivity contribution in [1.29, 1.82) is 0 Å². The second-order valence-electron chi connectivity index (χ2n) is 9.53. The summed E-state index contributed by atoms with van der Waals surface area (Å²) in [6.07, 6.45) is 1.00. The van der Waals surface area contributed by atoms with Crippen molar-refractivity contribution >= 4 is 49.1 Å². The molecule has 1 amide bonds. The third-order valence-electron chi connectivity index (χ3n) is 7.03. The number of hydrogen-bond acceptors (Lipinski definition) is 5. The minimum Gasteiger partial charge on any atom is -0.493 e. The maximum absolute atomic E-state index is 14.6. The molecule has 5 aromatic rings. The minimum atomic E-state index is -3.97. The molecule has 41 heavy (non-hydrogen) atoms. The number of para-hydroxylation sites is 1. The third kappa shape index (κ3) is 5.30. The summed E-state index contributed by atoms with van der Waals surface area (Å²) in [5, 5.41) is 4.95. The van der Waals surface area contributed by atoms with E-state index in [1.165, 1.54) is 44.6 Å². The van der Waals surface area contributed by atoms with E-state index in [0.717, 1.165) is 38.9 Å². The molecule has 0 atom stereocenters. The summed E-state index contributed by atoms with van der Waals surface area (Å²) in [7, 11) is -1.14. The van der Waals surface area contributed by atoms with Gasteiger partial charge in [0.15, 0.2) is 11.5 Å². The van der Waals surface area contributed by atoms with E-state index in [0.29, 0.717) is 5.69 Å². The smallest absolute Gasteiger partial charge is 0.257 e. The van der Waals surface area contributed by atoms with E-state index in [4.69, 9.17) is 9.47 Å². The molecule has 0 saturated heterocycles. The number of benzene rings is 4. The molecule has 0 spiro atoms. The Labute approximate surface area is 238 Å². The van der Waals surface area contributed by atoms with Crippen molar-refractivity contribution in [2.24, 2.45) is 0 Å². The van der Waals surface area contributed by atoms with Gasteiger partial charge in [-0.3, -0.25) is 9.10 Å². The number of sulfonamides is 1. The number of carbonyl (C=O) groups is 1. The molecule has 1 heterocycles. The highest BCUT2D eigenvalue weighted by atomic mass is 32.2. The Kier molecular flexibility index (Phi) is 7.59. The van der Waals surface area contributed by atoms with Gasteiger partial charge in [-0.2, -0.15) is 0 Å². The Bertz CT molecular complexity index is 1880. The summed E-state index contributed by atoms with van der Waals surface area (Å²) in [5.74, 6) is -0.675. The van der Waals surface area contributed by atoms with Crippen LogP contribution in [0.1, 0.15) is 22.8 Å². The molecule has 0 unspecified atom stereocenters. The average molecular weight is 576 g/mol. The van der Waals surface area contributed by atoms with Crippen molar-refractivity contribution in [1.82, 2.24) is 4.57 Å². The summed E-state index contributed by atoms with van der Waals surface area (Å²) >= 11 is 0. The largest absolute Gasteiger partial charge is 0.493 e. The van der Waals surface area contributed by atoms with Crippen LogP contribution in [0.5, 0.6) is 11.5 Å². The first kappa shape index (κ1) is 28.0. The quantitative estimate of drug-likeness (QED) is 0.226. The zero-order chi connectivity index (χ0) is 29.3. The van der Waals surface area contributed by atoms with Crippen LogP contribution in [-0.2, 0) is 23.1 Å². The number of carbonyl (C=O) groups excluding carboxylic acids is 1. The van der Waals surface area contributed by atoms with Crippen molar-refractivity contribution < 1.29 is 27.1 Å². The lowest BCUT2D eigenvalue weighted by Crippen LogP contribution is -2.32. The third-order valence-corrected chi connectivity index (χ3v) is 8.16. The van der Waals surface area contributed by atoms with E-state index in [-0.39, 0.29) is 34.9 Å². The summed E-state index contributed by atoms with van der Waals surface area (Å²) in [4.78, 5) is 13.8. The fourth-order valence-electron chi connectivity index (χ4n) is 5.09. The van der Waals surface area contributed by atoms with Crippen LogP contribution in [0.4, 0.5) is 15.8 Å². The normalized spacial score (nSPS) is 11.5. The number of hydrogen-bond donors (Lipinski definition) is 1. The van der Waals surface area contributed by atoms with Crippen LogP contribution in [0.3, 0.4) is 0 Å². The molecule has 0 saturated carbocycles. The van der Waals surface area contributed by atoms with Crippen molar-refractivity contribution in [2.75, 3.05) is 30.1 Å². The van der Waals surface area contributed by atoms with Gasteiger partial charge in [0.05, 0.1) is 38.3 Å². The van der Waals surface area contributed by atoms with Gasteiger partial charge in [0.1, 0.15) is 5.82 Å². The van der Waals surface area contributed by atoms with Crippen molar-refractivity contribution in [3.63, 3.8) is 0 Å². The van der Waals surface area contributed by atoms with Crippen LogP contribution in [0.15, 0.2) is 78.9 Å². The Morgan fingerprint density at radius 1 is 0.902 bits per heavy atom. The Hall–Kier alpha value is -4.57. The Balaban J connectivity index is 1.61. The number of anilines is 2. The molecule has 8 nitrogen and oxygen atoms in total. The number of ether oxygens (including phenoxy) is 2. The van der Waals surface area contributed by atoms with E-state index in [1.54, 1.807) is 12.1 Å². The number of nitrogens with zero attached hydrogens (tertiary/aromatic N) is 2. The molecule has 5 rings (SSSR count). The lowest BCUT2D eigenvalue weighted by atomic mass is 10.1. The first-order valence-electron chi connectivity index (χ1n) is 13.0. The van der Waals surface area contributed by atoms with Gasteiger partial charge in [0.2, 0.25) is 10.0 Å². The van der Waals surface area contributed by atoms with Gasteiger partial charge in [-0.15, -0.1) is 0 Å². The molecule has 0 aliphatic carbocycles. The van der Waals surface area contributed by atoms with Gasteiger partial charge in [-0.1, -0.05) is 36.4 Å². The van der Waals surface area contributed by atoms with E-state index < -0.39 is 21.7 Å². The minimum absolute atomic E-state index is 0.0143. The standard InChI is InChI=1S/C31H30FN3O5S/c1-5-34-26-13-9-7-11-22(26)23-16-21(14-15-27(23)34)33-31(36)24-17-29(39-2)30(40-3)18-28(24)35(41(4,37)38)19-20-10-6-8-12-25(20)32/h6-18H,5,19H2,1-4H3,(H,33,36). The Morgan fingerprint density at radius 2 is 1.56 bits per heavy atom. The summed E-state index contributed by atoms with van der Waals surface area (Å²) < 4.78 is 54.7. The number of fused-ring (bicyclic) bond motifs is 3. The molecular formula is C31H30FN3O5S. The molecule has 0 aliphatic heterocycles. The van der Waals surface area contributed by atoms with Gasteiger partial charge in [-0.25, -0.2) is 12.8 Å². The highest BCUT2D eigenvalue weighted by Crippen LogP contribution is 2.38. The predicted molar refractivity (Wildman–Crippen MR) is 160 cm³/mol. The molecule has 0 aliphatic rings. The highest BCUT2D eigenvalue weighted by Gasteiger charge is 2.27. The number of methoxy groups -OCH3 is 2. The van der Waals surface area contributed by atoms with Gasteiger partial charge in [0.25, 0.3) is 5.91 Å². The number of aryl methyl sites for hydroxylation is 1. The van der Waals surface area contributed by atoms with Crippen molar-refractivity contribution in [2.45, 2.75) is 20.0 Å². The second-order valence-corrected chi connectivity index (χ2v) is 11.4. The second kappa shape index (κ2) is 11.1. The number of nitrogens with one attached hydrogen (secondary N) is 1. The van der Waals surface area contributed by atoms with E-state index in [2.05, 4.69) is 22.9 Å². The molecule has 0 radical (unpaired) electrons. The number of halogens is 1. The summed E-state index contributed by atoms with van der Waals surface area (Å²) in [5.41, 5.74) is 2.84. The van der Waals surface area contributed by atoms with E-state index in [9.17, 15) is 17.6 Å². The molecule has 212 valence electrons.